The molecule has 0 aliphatic heterocycles. The molecule has 0 saturated carbocycles. The Morgan fingerprint density at radius 2 is 0.667 bits per heavy atom. The maximum atomic E-state index is 11.7. The number of hydrogen-bond acceptors (Lipinski definition) is 10. The van der Waals surface area contributed by atoms with Crippen LogP contribution in [0.4, 0.5) is 0 Å². The van der Waals surface area contributed by atoms with Crippen LogP contribution in [0.5, 0.6) is 0 Å². The van der Waals surface area contributed by atoms with Crippen LogP contribution in [0.3, 0.4) is 0 Å². The fourth-order valence-electron chi connectivity index (χ4n) is 4.16. The van der Waals surface area contributed by atoms with Gasteiger partial charge in [-0.15, -0.1) is 0 Å². The highest BCUT2D eigenvalue weighted by molar-refractivity contribution is 6.61. The summed E-state index contributed by atoms with van der Waals surface area (Å²) in [5, 5.41) is 5.90. The maximum absolute atomic E-state index is 11.7. The van der Waals surface area contributed by atoms with Gasteiger partial charge in [0, 0.05) is 88.5 Å². The van der Waals surface area contributed by atoms with Crippen LogP contribution >= 0.6 is 0 Å². The minimum Gasteiger partial charge on any atom is -0.374 e. The summed E-state index contributed by atoms with van der Waals surface area (Å²) in [7, 11) is -5.11. The molecule has 0 heterocycles. The van der Waals surface area contributed by atoms with Gasteiger partial charge in [0.25, 0.3) is 0 Å². The molecule has 16 heteroatoms. The number of carbonyl (C=O) groups excluding carboxylic acids is 4. The molecular weight excluding hydrogens is 729 g/mol. The molecule has 324 valence electrons. The zero-order chi connectivity index (χ0) is 42.6. The number of primary amides is 2. The second kappa shape index (κ2) is 38.0. The topological polar surface area (TPSA) is 200 Å². The summed E-state index contributed by atoms with van der Waals surface area (Å²) in [5.41, 5.74) is 9.82. The van der Waals surface area contributed by atoms with Crippen molar-refractivity contribution in [2.45, 2.75) is 148 Å². The Bertz CT molecular complexity index is 831. The van der Waals surface area contributed by atoms with Crippen molar-refractivity contribution in [1.82, 2.24) is 10.6 Å². The van der Waals surface area contributed by atoms with Crippen LogP contribution in [0.15, 0.2) is 0 Å². The lowest BCUT2D eigenvalue weighted by Gasteiger charge is -2.28. The van der Waals surface area contributed by atoms with E-state index in [1.807, 2.05) is 96.9 Å². The quantitative estimate of drug-likeness (QED) is 0.0520. The summed E-state index contributed by atoms with van der Waals surface area (Å²) in [6.07, 6.45) is 5.04. The number of nitrogens with one attached hydrogen (secondary N) is 2. The zero-order valence-corrected chi connectivity index (χ0v) is 38.9. The largest absolute Gasteiger partial charge is 0.500 e. The third-order valence-electron chi connectivity index (χ3n) is 8.42. The van der Waals surface area contributed by atoms with Crippen molar-refractivity contribution in [3.05, 3.63) is 0 Å². The second-order valence-electron chi connectivity index (χ2n) is 12.8. The summed E-state index contributed by atoms with van der Waals surface area (Å²) in [6, 6.07) is 1.48. The third-order valence-corrected chi connectivity index (χ3v) is 14.7. The highest BCUT2D eigenvalue weighted by Gasteiger charge is 2.40. The van der Waals surface area contributed by atoms with E-state index in [1.165, 1.54) is 0 Å². The SMILES string of the molecule is CCC(C)C(N)=O.CCC(C)C(N)=O.CCO[Si](CCCNC(=O)C(C)CC)(OCC)OCC.CCO[Si](CCCNC(=O)C(C)CC)(OCC)OCC. The van der Waals surface area contributed by atoms with Gasteiger partial charge < -0.3 is 48.7 Å². The average molecular weight is 813 g/mol. The Kier molecular flexibility index (Phi) is 41.3. The van der Waals surface area contributed by atoms with Gasteiger partial charge in [-0.1, -0.05) is 55.4 Å². The van der Waals surface area contributed by atoms with Crippen molar-refractivity contribution >= 4 is 41.2 Å². The van der Waals surface area contributed by atoms with E-state index in [9.17, 15) is 19.2 Å². The summed E-state index contributed by atoms with van der Waals surface area (Å²) in [4.78, 5) is 43.7. The summed E-state index contributed by atoms with van der Waals surface area (Å²) in [5.74, 6) is 0.0448. The van der Waals surface area contributed by atoms with Gasteiger partial charge in [-0.25, -0.2) is 0 Å². The van der Waals surface area contributed by atoms with Crippen LogP contribution in [0.25, 0.3) is 0 Å². The molecular formula is C38H84N4O10Si2. The van der Waals surface area contributed by atoms with E-state index in [2.05, 4.69) is 10.6 Å². The Labute approximate surface area is 332 Å². The number of nitrogens with two attached hydrogens (primary N) is 2. The van der Waals surface area contributed by atoms with Gasteiger partial charge in [0.2, 0.25) is 23.6 Å². The molecule has 4 atom stereocenters. The zero-order valence-electron chi connectivity index (χ0n) is 36.9. The predicted octanol–water partition coefficient (Wildman–Crippen LogP) is 6.21. The van der Waals surface area contributed by atoms with Crippen molar-refractivity contribution in [3.8, 4) is 0 Å². The number of carbonyl (C=O) groups is 4. The highest BCUT2D eigenvalue weighted by atomic mass is 28.4. The van der Waals surface area contributed by atoms with Crippen molar-refractivity contribution < 1.29 is 45.7 Å². The standard InChI is InChI=1S/2C14H31NO4Si.2C5H11NO/c2*1-6-13(5)14(16)15-11-10-12-20(17-7-2,18-8-3)19-9-4;2*1-3-4(2)5(6)7/h2*13H,6-12H2,1-5H3,(H,15,16);2*4H,3H2,1-2H3,(H2,6,7). The first-order chi connectivity index (χ1) is 25.5. The van der Waals surface area contributed by atoms with Gasteiger partial charge in [-0.3, -0.25) is 19.2 Å². The van der Waals surface area contributed by atoms with Crippen molar-refractivity contribution in [1.29, 1.82) is 0 Å². The van der Waals surface area contributed by atoms with Crippen molar-refractivity contribution in [3.63, 3.8) is 0 Å². The molecule has 0 aliphatic rings. The van der Waals surface area contributed by atoms with E-state index in [0.29, 0.717) is 52.7 Å². The summed E-state index contributed by atoms with van der Waals surface area (Å²) < 4.78 is 34.6. The van der Waals surface area contributed by atoms with Crippen LogP contribution in [0, 0.1) is 23.7 Å². The monoisotopic (exact) mass is 813 g/mol. The minimum absolute atomic E-state index is 0.0417. The molecule has 0 rings (SSSR count). The number of amides is 4. The smallest absolute Gasteiger partial charge is 0.374 e. The molecule has 0 fully saturated rings. The van der Waals surface area contributed by atoms with E-state index in [1.54, 1.807) is 0 Å². The van der Waals surface area contributed by atoms with E-state index < -0.39 is 17.6 Å². The van der Waals surface area contributed by atoms with Crippen LogP contribution in [0.1, 0.15) is 135 Å². The van der Waals surface area contributed by atoms with Crippen LogP contribution in [-0.2, 0) is 45.7 Å². The van der Waals surface area contributed by atoms with Crippen LogP contribution < -0.4 is 22.1 Å². The van der Waals surface area contributed by atoms with Crippen LogP contribution in [0.2, 0.25) is 12.1 Å². The Balaban J connectivity index is -0.000000343. The lowest BCUT2D eigenvalue weighted by molar-refractivity contribution is -0.125. The predicted molar refractivity (Wildman–Crippen MR) is 222 cm³/mol. The Morgan fingerprint density at radius 1 is 0.444 bits per heavy atom. The fourth-order valence-corrected chi connectivity index (χ4v) is 9.38. The first-order valence-electron chi connectivity index (χ1n) is 20.4. The molecule has 0 bridgehead atoms. The summed E-state index contributed by atoms with van der Waals surface area (Å²) in [6.45, 7) is 31.9. The maximum Gasteiger partial charge on any atom is 0.500 e. The van der Waals surface area contributed by atoms with Crippen molar-refractivity contribution in [2.75, 3.05) is 52.7 Å². The van der Waals surface area contributed by atoms with E-state index in [4.69, 9.17) is 38.0 Å². The molecule has 6 N–H and O–H groups in total. The fraction of sp³-hybridized carbons (Fsp3) is 0.895. The second-order valence-corrected chi connectivity index (χ2v) is 18.3. The minimum atomic E-state index is -2.55. The summed E-state index contributed by atoms with van der Waals surface area (Å²) >= 11 is 0. The number of hydrogen-bond donors (Lipinski definition) is 4. The molecule has 0 aromatic heterocycles. The molecule has 0 saturated heterocycles. The molecule has 0 aliphatic carbocycles. The highest BCUT2D eigenvalue weighted by Crippen LogP contribution is 2.19. The lowest BCUT2D eigenvalue weighted by Crippen LogP contribution is -2.46. The molecule has 0 aromatic carbocycles. The molecule has 54 heavy (non-hydrogen) atoms. The number of rotatable bonds is 28. The molecule has 0 radical (unpaired) electrons. The van der Waals surface area contributed by atoms with Crippen molar-refractivity contribution in [2.24, 2.45) is 35.1 Å². The first-order valence-corrected chi connectivity index (χ1v) is 24.3. The van der Waals surface area contributed by atoms with Gasteiger partial charge in [-0.2, -0.15) is 0 Å². The van der Waals surface area contributed by atoms with Gasteiger partial charge in [-0.05, 0) is 80.1 Å². The van der Waals surface area contributed by atoms with Crippen LogP contribution in [-0.4, -0.2) is 94.0 Å². The molecule has 4 unspecified atom stereocenters. The van der Waals surface area contributed by atoms with Gasteiger partial charge >= 0.3 is 17.6 Å². The Hall–Kier alpha value is -1.93. The van der Waals surface area contributed by atoms with Gasteiger partial charge in [0.1, 0.15) is 0 Å². The van der Waals surface area contributed by atoms with E-state index >= 15 is 0 Å². The lowest BCUT2D eigenvalue weighted by atomic mass is 10.1. The third kappa shape index (κ3) is 31.3. The average Bonchev–Trinajstić information content (AvgIpc) is 3.14. The Morgan fingerprint density at radius 3 is 0.815 bits per heavy atom. The molecule has 4 amide bonds. The van der Waals surface area contributed by atoms with Gasteiger partial charge in [0.05, 0.1) is 0 Å². The van der Waals surface area contributed by atoms with E-state index in [-0.39, 0.29) is 47.3 Å². The molecule has 0 spiro atoms. The van der Waals surface area contributed by atoms with Gasteiger partial charge in [0.15, 0.2) is 0 Å². The normalized spacial score (nSPS) is 13.3. The van der Waals surface area contributed by atoms with E-state index in [0.717, 1.165) is 50.6 Å². The first kappa shape index (κ1) is 58.8. The molecule has 14 nitrogen and oxygen atoms in total. The molecule has 0 aromatic rings.